The monoisotopic (exact) mass is 142 g/mol. The van der Waals surface area contributed by atoms with Gasteiger partial charge in [-0.2, -0.15) is 10.2 Å². The van der Waals surface area contributed by atoms with E-state index in [1.807, 2.05) is 0 Å². The molecule has 0 atom stereocenters. The van der Waals surface area contributed by atoms with E-state index >= 15 is 0 Å². The first-order valence-electron chi connectivity index (χ1n) is 2.51. The summed E-state index contributed by atoms with van der Waals surface area (Å²) in [7, 11) is 0. The van der Waals surface area contributed by atoms with Gasteiger partial charge < -0.3 is 0 Å². The molecule has 0 bridgehead atoms. The van der Waals surface area contributed by atoms with E-state index in [1.54, 1.807) is 12.5 Å². The molecule has 0 aromatic rings. The molecule has 1 rings (SSSR count). The smallest absolute Gasteiger partial charge is 0.235 e. The predicted octanol–water partition coefficient (Wildman–Crippen LogP) is 0.707. The fourth-order valence-electron chi connectivity index (χ4n) is 0.521. The number of thioether (sulfide) groups is 1. The lowest BCUT2D eigenvalue weighted by atomic mass is 10.3. The van der Waals surface area contributed by atoms with Crippen LogP contribution in [-0.4, -0.2) is 23.3 Å². The summed E-state index contributed by atoms with van der Waals surface area (Å²) >= 11 is 1.17. The zero-order valence-corrected chi connectivity index (χ0v) is 5.81. The van der Waals surface area contributed by atoms with Gasteiger partial charge in [-0.1, -0.05) is 11.8 Å². The van der Waals surface area contributed by atoms with E-state index < -0.39 is 0 Å². The molecule has 1 aliphatic rings. The molecule has 0 aliphatic carbocycles. The van der Waals surface area contributed by atoms with Crippen molar-refractivity contribution in [2.75, 3.05) is 6.26 Å². The van der Waals surface area contributed by atoms with Gasteiger partial charge in [0.15, 0.2) is 0 Å². The second-order valence-electron chi connectivity index (χ2n) is 1.54. The minimum atomic E-state index is 0.0208. The summed E-state index contributed by atoms with van der Waals surface area (Å²) in [5, 5.41) is 7.21. The van der Waals surface area contributed by atoms with Crippen LogP contribution in [0.2, 0.25) is 0 Å². The van der Waals surface area contributed by atoms with Crippen molar-refractivity contribution < 1.29 is 4.79 Å². The van der Waals surface area contributed by atoms with E-state index in [0.29, 0.717) is 12.1 Å². The van der Waals surface area contributed by atoms with Gasteiger partial charge in [0.25, 0.3) is 0 Å². The summed E-state index contributed by atoms with van der Waals surface area (Å²) in [6.07, 6.45) is 3.96. The Balaban J connectivity index is 2.55. The number of rotatable bonds is 1. The number of carbonyl (C=O) groups is 1. The Labute approximate surface area is 57.2 Å². The maximum absolute atomic E-state index is 10.8. The molecule has 0 amide bonds. The number of nitrogens with zero attached hydrogens (tertiary/aromatic N) is 2. The topological polar surface area (TPSA) is 41.8 Å². The van der Waals surface area contributed by atoms with Crippen LogP contribution in [0.5, 0.6) is 0 Å². The normalized spacial score (nSPS) is 15.9. The van der Waals surface area contributed by atoms with Crippen LogP contribution in [-0.2, 0) is 4.79 Å². The molecular formula is C5H6N2OS. The largest absolute Gasteiger partial charge is 0.280 e. The first-order chi connectivity index (χ1) is 4.34. The maximum atomic E-state index is 10.8. The molecule has 0 N–H and O–H groups in total. The highest BCUT2D eigenvalue weighted by atomic mass is 32.2. The van der Waals surface area contributed by atoms with Crippen molar-refractivity contribution in [1.82, 2.24) is 0 Å². The quantitative estimate of drug-likeness (QED) is 0.541. The van der Waals surface area contributed by atoms with Crippen molar-refractivity contribution in [3.8, 4) is 0 Å². The number of carbonyl (C=O) groups excluding carboxylic acids is 1. The van der Waals surface area contributed by atoms with Gasteiger partial charge in [-0.3, -0.25) is 4.79 Å². The van der Waals surface area contributed by atoms with Gasteiger partial charge in [0.2, 0.25) is 5.12 Å². The van der Waals surface area contributed by atoms with Crippen molar-refractivity contribution >= 4 is 28.8 Å². The lowest BCUT2D eigenvalue weighted by molar-refractivity contribution is -0.105. The maximum Gasteiger partial charge on any atom is 0.235 e. The molecule has 0 fully saturated rings. The third-order valence-corrected chi connectivity index (χ3v) is 1.57. The van der Waals surface area contributed by atoms with Crippen LogP contribution >= 0.6 is 11.8 Å². The first kappa shape index (κ1) is 6.48. The Morgan fingerprint density at radius 1 is 1.89 bits per heavy atom. The molecule has 1 aliphatic heterocycles. The Morgan fingerprint density at radius 3 is 3.11 bits per heavy atom. The minimum absolute atomic E-state index is 0.0208. The lowest BCUT2D eigenvalue weighted by Crippen LogP contribution is -2.06. The van der Waals surface area contributed by atoms with Crippen LogP contribution < -0.4 is 0 Å². The molecule has 9 heavy (non-hydrogen) atoms. The molecule has 0 radical (unpaired) electrons. The zero-order chi connectivity index (χ0) is 6.69. The molecular weight excluding hydrogens is 136 g/mol. The van der Waals surface area contributed by atoms with Gasteiger partial charge in [0.05, 0.1) is 0 Å². The van der Waals surface area contributed by atoms with Crippen LogP contribution in [0, 0.1) is 0 Å². The highest BCUT2D eigenvalue weighted by Gasteiger charge is 2.10. The molecule has 0 aromatic carbocycles. The fourth-order valence-corrected chi connectivity index (χ4v) is 0.880. The molecule has 48 valence electrons. The number of hydrogen-bond donors (Lipinski definition) is 0. The molecule has 0 aromatic heterocycles. The average Bonchev–Trinajstić information content (AvgIpc) is 2.37. The van der Waals surface area contributed by atoms with Gasteiger partial charge in [-0.25, -0.2) is 0 Å². The Bertz CT molecular complexity index is 185. The van der Waals surface area contributed by atoms with E-state index in [4.69, 9.17) is 0 Å². The van der Waals surface area contributed by atoms with Gasteiger partial charge in [-0.15, -0.1) is 0 Å². The summed E-state index contributed by atoms with van der Waals surface area (Å²) in [5.41, 5.74) is 0.558. The van der Waals surface area contributed by atoms with Crippen LogP contribution in [0.1, 0.15) is 6.42 Å². The van der Waals surface area contributed by atoms with Gasteiger partial charge >= 0.3 is 0 Å². The molecule has 0 saturated carbocycles. The van der Waals surface area contributed by atoms with Crippen molar-refractivity contribution in [1.29, 1.82) is 0 Å². The lowest BCUT2D eigenvalue weighted by Gasteiger charge is -1.89. The third kappa shape index (κ3) is 1.38. The number of hydrogen-bond acceptors (Lipinski definition) is 4. The first-order valence-corrected chi connectivity index (χ1v) is 3.73. The highest BCUT2D eigenvalue weighted by molar-refractivity contribution is 8.14. The zero-order valence-electron chi connectivity index (χ0n) is 5.00. The Morgan fingerprint density at radius 2 is 2.67 bits per heavy atom. The SMILES string of the molecule is CSC(=O)C1=NN=CC1. The standard InChI is InChI=1S/C5H6N2OS/c1-9-5(8)4-2-3-6-7-4/h3H,2H2,1H3. The average molecular weight is 142 g/mol. The van der Waals surface area contributed by atoms with E-state index in [2.05, 4.69) is 10.2 Å². The summed E-state index contributed by atoms with van der Waals surface area (Å²) in [5.74, 6) is 0. The minimum Gasteiger partial charge on any atom is -0.280 e. The molecule has 3 nitrogen and oxygen atoms in total. The van der Waals surface area contributed by atoms with Crippen LogP contribution in [0.4, 0.5) is 0 Å². The molecule has 0 saturated heterocycles. The predicted molar refractivity (Wildman–Crippen MR) is 39.1 cm³/mol. The van der Waals surface area contributed by atoms with Crippen LogP contribution in [0.15, 0.2) is 10.2 Å². The molecule has 4 heteroatoms. The van der Waals surface area contributed by atoms with E-state index in [9.17, 15) is 4.79 Å². The molecule has 1 heterocycles. The highest BCUT2D eigenvalue weighted by Crippen LogP contribution is 2.03. The van der Waals surface area contributed by atoms with E-state index in [0.717, 1.165) is 0 Å². The molecule has 0 unspecified atom stereocenters. The van der Waals surface area contributed by atoms with Gasteiger partial charge in [0.1, 0.15) is 5.71 Å². The van der Waals surface area contributed by atoms with Gasteiger partial charge in [-0.05, 0) is 6.26 Å². The van der Waals surface area contributed by atoms with Crippen molar-refractivity contribution in [2.45, 2.75) is 6.42 Å². The summed E-state index contributed by atoms with van der Waals surface area (Å²) in [6, 6.07) is 0. The summed E-state index contributed by atoms with van der Waals surface area (Å²) in [6.45, 7) is 0. The van der Waals surface area contributed by atoms with E-state index in [1.165, 1.54) is 11.8 Å². The Kier molecular flexibility index (Phi) is 2.00. The molecule has 0 spiro atoms. The van der Waals surface area contributed by atoms with Crippen LogP contribution in [0.3, 0.4) is 0 Å². The van der Waals surface area contributed by atoms with E-state index in [-0.39, 0.29) is 5.12 Å². The van der Waals surface area contributed by atoms with Gasteiger partial charge in [0, 0.05) is 12.6 Å². The van der Waals surface area contributed by atoms with Crippen molar-refractivity contribution in [3.63, 3.8) is 0 Å². The van der Waals surface area contributed by atoms with Crippen molar-refractivity contribution in [2.24, 2.45) is 10.2 Å². The summed E-state index contributed by atoms with van der Waals surface area (Å²) < 4.78 is 0. The Hall–Kier alpha value is -0.640. The second-order valence-corrected chi connectivity index (χ2v) is 2.32. The summed E-state index contributed by atoms with van der Waals surface area (Å²) in [4.78, 5) is 10.8. The van der Waals surface area contributed by atoms with Crippen LogP contribution in [0.25, 0.3) is 0 Å². The second kappa shape index (κ2) is 2.77. The fraction of sp³-hybridized carbons (Fsp3) is 0.400. The third-order valence-electron chi connectivity index (χ3n) is 0.966. The van der Waals surface area contributed by atoms with Crippen molar-refractivity contribution in [3.05, 3.63) is 0 Å².